The minimum Gasteiger partial charge on any atom is -0.497 e. The first-order chi connectivity index (χ1) is 13.2. The summed E-state index contributed by atoms with van der Waals surface area (Å²) in [7, 11) is 1.73. The molecular weight excluding hydrogens is 340 g/mol. The van der Waals surface area contributed by atoms with E-state index in [9.17, 15) is 0 Å². The lowest BCUT2D eigenvalue weighted by molar-refractivity contribution is 0.146. The Morgan fingerprint density at radius 1 is 1.11 bits per heavy atom. The van der Waals surface area contributed by atoms with Gasteiger partial charge in [-0.2, -0.15) is 0 Å². The van der Waals surface area contributed by atoms with Crippen LogP contribution in [0.2, 0.25) is 0 Å². The summed E-state index contributed by atoms with van der Waals surface area (Å²) in [5.41, 5.74) is 6.75. The molecule has 0 saturated carbocycles. The van der Waals surface area contributed by atoms with E-state index in [-0.39, 0.29) is 0 Å². The van der Waals surface area contributed by atoms with Gasteiger partial charge in [-0.05, 0) is 59.4 Å². The van der Waals surface area contributed by atoms with E-state index >= 15 is 0 Å². The molecule has 2 atom stereocenters. The van der Waals surface area contributed by atoms with Crippen molar-refractivity contribution in [2.24, 2.45) is 0 Å². The Bertz CT molecular complexity index is 1070. The summed E-state index contributed by atoms with van der Waals surface area (Å²) in [5.74, 6) is 3.17. The molecule has 5 nitrogen and oxygen atoms in total. The number of aromatic amines is 1. The summed E-state index contributed by atoms with van der Waals surface area (Å²) in [6.45, 7) is 4.65. The van der Waals surface area contributed by atoms with E-state index in [0.29, 0.717) is 18.8 Å². The lowest BCUT2D eigenvalue weighted by Gasteiger charge is -2.43. The lowest BCUT2D eigenvalue weighted by atomic mass is 9.81. The number of benzene rings is 2. The average molecular weight is 362 g/mol. The van der Waals surface area contributed by atoms with Gasteiger partial charge < -0.3 is 19.2 Å². The second-order valence-corrected chi connectivity index (χ2v) is 7.88. The number of fused-ring (bicyclic) bond motifs is 7. The number of hydrogen-bond donors (Lipinski definition) is 1. The molecule has 3 aromatic rings. The zero-order valence-corrected chi connectivity index (χ0v) is 15.5. The van der Waals surface area contributed by atoms with E-state index in [4.69, 9.17) is 14.2 Å². The maximum Gasteiger partial charge on any atom is 0.231 e. The van der Waals surface area contributed by atoms with Gasteiger partial charge >= 0.3 is 0 Å². The molecule has 27 heavy (non-hydrogen) atoms. The number of rotatable bonds is 1. The van der Waals surface area contributed by atoms with E-state index in [1.165, 1.54) is 33.3 Å². The standard InChI is InChI=1S/C22H22N2O3/c1-12-9-24-10-19-16(15-5-13(25-2)3-4-18(15)23-19)6-20(24)17-8-22-21(7-14(12)17)26-11-27-22/h3-5,7-8,12,20,23H,6,9-11H2,1-2H3/t12?,20-/m0/s1. The fraction of sp³-hybridized carbons (Fsp3) is 0.364. The predicted octanol–water partition coefficient (Wildman–Crippen LogP) is 4.12. The molecule has 1 N–H and O–H groups in total. The van der Waals surface area contributed by atoms with E-state index in [1.54, 1.807) is 7.11 Å². The minimum absolute atomic E-state index is 0.327. The summed E-state index contributed by atoms with van der Waals surface area (Å²) in [6, 6.07) is 11.1. The van der Waals surface area contributed by atoms with Crippen molar-refractivity contribution in [1.82, 2.24) is 9.88 Å². The monoisotopic (exact) mass is 362 g/mol. The van der Waals surface area contributed by atoms with Crippen molar-refractivity contribution in [3.63, 3.8) is 0 Å². The van der Waals surface area contributed by atoms with Crippen molar-refractivity contribution in [1.29, 1.82) is 0 Å². The highest BCUT2D eigenvalue weighted by Crippen LogP contribution is 2.47. The van der Waals surface area contributed by atoms with Crippen molar-refractivity contribution in [2.75, 3.05) is 20.4 Å². The van der Waals surface area contributed by atoms with Crippen LogP contribution in [0.15, 0.2) is 30.3 Å². The van der Waals surface area contributed by atoms with Crippen LogP contribution in [0.3, 0.4) is 0 Å². The highest BCUT2D eigenvalue weighted by atomic mass is 16.7. The van der Waals surface area contributed by atoms with E-state index < -0.39 is 0 Å². The van der Waals surface area contributed by atoms with Gasteiger partial charge in [0.15, 0.2) is 11.5 Å². The van der Waals surface area contributed by atoms with Crippen LogP contribution in [0, 0.1) is 0 Å². The van der Waals surface area contributed by atoms with Gasteiger partial charge in [0.25, 0.3) is 0 Å². The van der Waals surface area contributed by atoms with Gasteiger partial charge in [-0.25, -0.2) is 0 Å². The first-order valence-electron chi connectivity index (χ1n) is 9.56. The molecule has 0 spiro atoms. The fourth-order valence-corrected chi connectivity index (χ4v) is 5.05. The number of hydrogen-bond acceptors (Lipinski definition) is 4. The zero-order valence-electron chi connectivity index (χ0n) is 15.5. The van der Waals surface area contributed by atoms with Gasteiger partial charge in [0.1, 0.15) is 5.75 Å². The fourth-order valence-electron chi connectivity index (χ4n) is 5.05. The quantitative estimate of drug-likeness (QED) is 0.707. The van der Waals surface area contributed by atoms with Crippen molar-refractivity contribution in [3.8, 4) is 17.2 Å². The van der Waals surface area contributed by atoms with Crippen LogP contribution in [0.4, 0.5) is 0 Å². The molecule has 0 amide bonds. The summed E-state index contributed by atoms with van der Waals surface area (Å²) >= 11 is 0. The third-order valence-electron chi connectivity index (χ3n) is 6.38. The van der Waals surface area contributed by atoms with E-state index in [0.717, 1.165) is 36.8 Å². The average Bonchev–Trinajstić information content (AvgIpc) is 3.28. The molecule has 3 aliphatic heterocycles. The molecular formula is C22H22N2O3. The number of ether oxygens (including phenoxy) is 3. The second kappa shape index (κ2) is 5.42. The molecule has 1 aromatic heterocycles. The largest absolute Gasteiger partial charge is 0.497 e. The smallest absolute Gasteiger partial charge is 0.231 e. The Balaban J connectivity index is 1.49. The normalized spacial score (nSPS) is 23.0. The molecule has 0 aliphatic carbocycles. The third-order valence-corrected chi connectivity index (χ3v) is 6.38. The second-order valence-electron chi connectivity index (χ2n) is 7.88. The number of nitrogens with zero attached hydrogens (tertiary/aromatic N) is 1. The molecule has 2 aromatic carbocycles. The topological polar surface area (TPSA) is 46.7 Å². The SMILES string of the molecule is COc1ccc2[nH]c3c(c2c1)C[C@H]1c2cc4c(cc2C(C)CN1C3)OCO4. The highest BCUT2D eigenvalue weighted by Gasteiger charge is 2.37. The number of aromatic nitrogens is 1. The first kappa shape index (κ1) is 15.4. The Kier molecular flexibility index (Phi) is 3.09. The lowest BCUT2D eigenvalue weighted by Crippen LogP contribution is -2.40. The molecule has 0 fully saturated rings. The van der Waals surface area contributed by atoms with Crippen molar-refractivity contribution in [2.45, 2.75) is 31.8 Å². The van der Waals surface area contributed by atoms with Crippen LogP contribution in [0.25, 0.3) is 10.9 Å². The van der Waals surface area contributed by atoms with Crippen LogP contribution in [0.5, 0.6) is 17.2 Å². The van der Waals surface area contributed by atoms with Gasteiger partial charge in [0.2, 0.25) is 6.79 Å². The molecule has 138 valence electrons. The molecule has 0 bridgehead atoms. The van der Waals surface area contributed by atoms with Crippen molar-refractivity contribution >= 4 is 10.9 Å². The number of H-pyrrole nitrogens is 1. The van der Waals surface area contributed by atoms with E-state index in [1.807, 2.05) is 6.07 Å². The summed E-state index contributed by atoms with van der Waals surface area (Å²) in [5, 5.41) is 1.28. The Morgan fingerprint density at radius 3 is 2.74 bits per heavy atom. The molecule has 0 saturated heterocycles. The molecule has 0 radical (unpaired) electrons. The van der Waals surface area contributed by atoms with Gasteiger partial charge in [0, 0.05) is 35.7 Å². The van der Waals surface area contributed by atoms with Crippen LogP contribution in [-0.2, 0) is 13.0 Å². The minimum atomic E-state index is 0.327. The van der Waals surface area contributed by atoms with Crippen LogP contribution < -0.4 is 14.2 Å². The van der Waals surface area contributed by atoms with Gasteiger partial charge in [-0.3, -0.25) is 4.90 Å². The van der Waals surface area contributed by atoms with Crippen LogP contribution in [-0.4, -0.2) is 30.3 Å². The Morgan fingerprint density at radius 2 is 1.93 bits per heavy atom. The summed E-state index contributed by atoms with van der Waals surface area (Å²) < 4.78 is 16.7. The molecule has 1 unspecified atom stereocenters. The number of methoxy groups -OCH3 is 1. The Hall–Kier alpha value is -2.66. The maximum absolute atomic E-state index is 5.67. The Labute approximate surface area is 157 Å². The van der Waals surface area contributed by atoms with Gasteiger partial charge in [-0.1, -0.05) is 6.92 Å². The highest BCUT2D eigenvalue weighted by molar-refractivity contribution is 5.86. The van der Waals surface area contributed by atoms with Gasteiger partial charge in [0.05, 0.1) is 7.11 Å². The van der Waals surface area contributed by atoms with Crippen molar-refractivity contribution < 1.29 is 14.2 Å². The predicted molar refractivity (Wildman–Crippen MR) is 103 cm³/mol. The summed E-state index contributed by atoms with van der Waals surface area (Å²) in [6.07, 6.45) is 1.00. The zero-order chi connectivity index (χ0) is 18.1. The van der Waals surface area contributed by atoms with Crippen LogP contribution in [0.1, 0.15) is 41.3 Å². The number of nitrogens with one attached hydrogen (secondary N) is 1. The van der Waals surface area contributed by atoms with Crippen molar-refractivity contribution in [3.05, 3.63) is 52.7 Å². The third kappa shape index (κ3) is 2.15. The van der Waals surface area contributed by atoms with E-state index in [2.05, 4.69) is 41.1 Å². The summed E-state index contributed by atoms with van der Waals surface area (Å²) in [4.78, 5) is 6.24. The molecule has 3 aliphatic rings. The molecule has 6 rings (SSSR count). The molecule has 5 heteroatoms. The van der Waals surface area contributed by atoms with Crippen LogP contribution >= 0.6 is 0 Å². The van der Waals surface area contributed by atoms with Gasteiger partial charge in [-0.15, -0.1) is 0 Å². The maximum atomic E-state index is 5.67. The molecule has 4 heterocycles. The first-order valence-corrected chi connectivity index (χ1v) is 9.56.